The summed E-state index contributed by atoms with van der Waals surface area (Å²) in [6.07, 6.45) is 0.631. The highest BCUT2D eigenvalue weighted by Gasteiger charge is 2.21. The Morgan fingerprint density at radius 2 is 2.00 bits per heavy atom. The predicted octanol–water partition coefficient (Wildman–Crippen LogP) is 2.99. The number of carbonyl (C=O) groups excluding carboxylic acids is 1. The summed E-state index contributed by atoms with van der Waals surface area (Å²) >= 11 is 0. The molecule has 0 amide bonds. The van der Waals surface area contributed by atoms with Gasteiger partial charge in [0.1, 0.15) is 22.7 Å². The second-order valence-corrected chi connectivity index (χ2v) is 5.81. The minimum atomic E-state index is -0.624. The summed E-state index contributed by atoms with van der Waals surface area (Å²) in [5.41, 5.74) is 1.79. The molecule has 1 aromatic carbocycles. The van der Waals surface area contributed by atoms with Gasteiger partial charge >= 0.3 is 5.97 Å². The minimum Gasteiger partial charge on any atom is -0.497 e. The summed E-state index contributed by atoms with van der Waals surface area (Å²) in [6.45, 7) is 4.27. The van der Waals surface area contributed by atoms with Gasteiger partial charge < -0.3 is 24.1 Å². The molecule has 0 fully saturated rings. The Morgan fingerprint density at radius 1 is 1.18 bits per heavy atom. The fourth-order valence-corrected chi connectivity index (χ4v) is 2.77. The van der Waals surface area contributed by atoms with Crippen LogP contribution in [0.2, 0.25) is 0 Å². The van der Waals surface area contributed by atoms with Crippen molar-refractivity contribution in [2.45, 2.75) is 26.8 Å². The summed E-state index contributed by atoms with van der Waals surface area (Å²) in [7, 11) is 3.20. The molecule has 3 aromatic rings. The second kappa shape index (κ2) is 8.55. The van der Waals surface area contributed by atoms with Crippen LogP contribution in [0.5, 0.6) is 11.5 Å². The number of aromatic nitrogens is 3. The SMILES string of the molecule is CCOC(=O)c1nc(NCc2cc(OC)ccc2OC)c2c(CC)noc2n1. The van der Waals surface area contributed by atoms with Gasteiger partial charge in [0.05, 0.1) is 26.5 Å². The van der Waals surface area contributed by atoms with Crippen molar-refractivity contribution in [1.29, 1.82) is 0 Å². The molecule has 0 bridgehead atoms. The third-order valence-corrected chi connectivity index (χ3v) is 4.13. The van der Waals surface area contributed by atoms with Gasteiger partial charge in [-0.25, -0.2) is 9.78 Å². The highest BCUT2D eigenvalue weighted by molar-refractivity contribution is 5.93. The maximum Gasteiger partial charge on any atom is 0.376 e. The van der Waals surface area contributed by atoms with E-state index in [1.807, 2.05) is 25.1 Å². The minimum absolute atomic E-state index is 0.0896. The van der Waals surface area contributed by atoms with Crippen molar-refractivity contribution in [3.05, 3.63) is 35.3 Å². The topological polar surface area (TPSA) is 109 Å². The Hall–Kier alpha value is -3.36. The first-order valence-corrected chi connectivity index (χ1v) is 8.89. The molecule has 2 heterocycles. The number of nitrogens with one attached hydrogen (secondary N) is 1. The van der Waals surface area contributed by atoms with Crippen molar-refractivity contribution in [2.24, 2.45) is 0 Å². The normalized spacial score (nSPS) is 10.7. The summed E-state index contributed by atoms with van der Waals surface area (Å²) < 4.78 is 21.0. The van der Waals surface area contributed by atoms with Gasteiger partial charge in [0.2, 0.25) is 5.82 Å². The Morgan fingerprint density at radius 3 is 2.68 bits per heavy atom. The van der Waals surface area contributed by atoms with Gasteiger partial charge in [0.25, 0.3) is 5.71 Å². The van der Waals surface area contributed by atoms with E-state index in [1.165, 1.54) is 0 Å². The van der Waals surface area contributed by atoms with Crippen molar-refractivity contribution in [3.8, 4) is 11.5 Å². The van der Waals surface area contributed by atoms with Crippen molar-refractivity contribution in [2.75, 3.05) is 26.1 Å². The lowest BCUT2D eigenvalue weighted by molar-refractivity contribution is 0.0512. The molecule has 0 atom stereocenters. The third kappa shape index (κ3) is 3.83. The van der Waals surface area contributed by atoms with Gasteiger partial charge in [-0.15, -0.1) is 0 Å². The smallest absolute Gasteiger partial charge is 0.376 e. The summed E-state index contributed by atoms with van der Waals surface area (Å²) in [5.74, 6) is 1.13. The molecule has 0 saturated heterocycles. The Labute approximate surface area is 162 Å². The van der Waals surface area contributed by atoms with E-state index < -0.39 is 5.97 Å². The van der Waals surface area contributed by atoms with Crippen LogP contribution >= 0.6 is 0 Å². The summed E-state index contributed by atoms with van der Waals surface area (Å²) in [4.78, 5) is 20.6. The zero-order valence-electron chi connectivity index (χ0n) is 16.2. The Balaban J connectivity index is 1.99. The molecule has 28 heavy (non-hydrogen) atoms. The lowest BCUT2D eigenvalue weighted by Crippen LogP contribution is -2.12. The summed E-state index contributed by atoms with van der Waals surface area (Å²) in [5, 5.41) is 7.89. The number of methoxy groups -OCH3 is 2. The van der Waals surface area contributed by atoms with E-state index in [2.05, 4.69) is 20.4 Å². The lowest BCUT2D eigenvalue weighted by atomic mass is 10.1. The number of esters is 1. The second-order valence-electron chi connectivity index (χ2n) is 5.81. The van der Waals surface area contributed by atoms with Crippen LogP contribution in [-0.2, 0) is 17.7 Å². The number of hydrogen-bond acceptors (Lipinski definition) is 9. The van der Waals surface area contributed by atoms with Gasteiger partial charge in [-0.05, 0) is 31.5 Å². The molecule has 0 unspecified atom stereocenters. The maximum atomic E-state index is 12.1. The van der Waals surface area contributed by atoms with Crippen LogP contribution in [0.25, 0.3) is 11.1 Å². The molecule has 0 aliphatic carbocycles. The first-order chi connectivity index (χ1) is 13.6. The lowest BCUT2D eigenvalue weighted by Gasteiger charge is -2.12. The van der Waals surface area contributed by atoms with E-state index >= 15 is 0 Å². The van der Waals surface area contributed by atoms with Crippen LogP contribution in [0.1, 0.15) is 35.7 Å². The largest absolute Gasteiger partial charge is 0.497 e. The van der Waals surface area contributed by atoms with Crippen LogP contribution in [0.4, 0.5) is 5.82 Å². The zero-order valence-corrected chi connectivity index (χ0v) is 16.2. The average Bonchev–Trinajstić information content (AvgIpc) is 3.15. The molecule has 1 N–H and O–H groups in total. The highest BCUT2D eigenvalue weighted by Crippen LogP contribution is 2.28. The number of aryl methyl sites for hydroxylation is 1. The molecule has 3 rings (SSSR count). The molecule has 2 aromatic heterocycles. The molecule has 148 valence electrons. The number of benzene rings is 1. The van der Waals surface area contributed by atoms with Gasteiger partial charge in [-0.2, -0.15) is 4.98 Å². The van der Waals surface area contributed by atoms with Gasteiger partial charge in [0.15, 0.2) is 0 Å². The van der Waals surface area contributed by atoms with Crippen LogP contribution < -0.4 is 14.8 Å². The number of rotatable bonds is 8. The van der Waals surface area contributed by atoms with Crippen molar-refractivity contribution < 1.29 is 23.5 Å². The van der Waals surface area contributed by atoms with Crippen LogP contribution in [-0.4, -0.2) is 41.9 Å². The molecule has 0 aliphatic rings. The zero-order chi connectivity index (χ0) is 20.1. The fraction of sp³-hybridized carbons (Fsp3) is 0.368. The Bertz CT molecular complexity index is 986. The number of fused-ring (bicyclic) bond motifs is 1. The van der Waals surface area contributed by atoms with E-state index in [0.29, 0.717) is 41.4 Å². The number of carbonyl (C=O) groups is 1. The van der Waals surface area contributed by atoms with E-state index in [4.69, 9.17) is 18.7 Å². The van der Waals surface area contributed by atoms with Crippen molar-refractivity contribution in [3.63, 3.8) is 0 Å². The first-order valence-electron chi connectivity index (χ1n) is 8.89. The van der Waals surface area contributed by atoms with Gasteiger partial charge in [-0.1, -0.05) is 12.1 Å². The predicted molar refractivity (Wildman–Crippen MR) is 102 cm³/mol. The quantitative estimate of drug-likeness (QED) is 0.584. The van der Waals surface area contributed by atoms with Crippen molar-refractivity contribution >= 4 is 22.9 Å². The third-order valence-electron chi connectivity index (χ3n) is 4.13. The van der Waals surface area contributed by atoms with Crippen molar-refractivity contribution in [1.82, 2.24) is 15.1 Å². The van der Waals surface area contributed by atoms with E-state index in [9.17, 15) is 4.79 Å². The van der Waals surface area contributed by atoms with Crippen LogP contribution in [0.15, 0.2) is 22.7 Å². The highest BCUT2D eigenvalue weighted by atomic mass is 16.5. The summed E-state index contributed by atoms with van der Waals surface area (Å²) in [6, 6.07) is 5.51. The molecule has 0 radical (unpaired) electrons. The van der Waals surface area contributed by atoms with E-state index in [1.54, 1.807) is 21.1 Å². The van der Waals surface area contributed by atoms with Gasteiger partial charge in [0, 0.05) is 12.1 Å². The number of nitrogens with zero attached hydrogens (tertiary/aromatic N) is 3. The fourth-order valence-electron chi connectivity index (χ4n) is 2.77. The first kappa shape index (κ1) is 19.4. The maximum absolute atomic E-state index is 12.1. The molecular formula is C19H22N4O5. The number of ether oxygens (including phenoxy) is 3. The van der Waals surface area contributed by atoms with E-state index in [0.717, 1.165) is 5.56 Å². The van der Waals surface area contributed by atoms with E-state index in [-0.39, 0.29) is 18.1 Å². The van der Waals surface area contributed by atoms with Crippen LogP contribution in [0.3, 0.4) is 0 Å². The molecular weight excluding hydrogens is 364 g/mol. The average molecular weight is 386 g/mol. The van der Waals surface area contributed by atoms with Gasteiger partial charge in [-0.3, -0.25) is 0 Å². The number of hydrogen-bond donors (Lipinski definition) is 1. The van der Waals surface area contributed by atoms with Crippen LogP contribution in [0, 0.1) is 0 Å². The Kier molecular flexibility index (Phi) is 5.93. The molecule has 9 nitrogen and oxygen atoms in total. The molecule has 0 aliphatic heterocycles. The standard InChI is InChI=1S/C19H22N4O5/c1-5-13-15-16(20-10-11-9-12(25-3)7-8-14(11)26-4)21-17(19(24)27-6-2)22-18(15)28-23-13/h7-9H,5-6,10H2,1-4H3,(H,20,21,22). The monoisotopic (exact) mass is 386 g/mol. The molecule has 0 saturated carbocycles. The molecule has 0 spiro atoms. The molecule has 9 heteroatoms. The number of anilines is 1.